The van der Waals surface area contributed by atoms with E-state index in [1.165, 1.54) is 0 Å². The molecule has 122 valence electrons. The molecule has 0 aliphatic carbocycles. The summed E-state index contributed by atoms with van der Waals surface area (Å²) in [7, 11) is 0. The van der Waals surface area contributed by atoms with Crippen molar-refractivity contribution in [3.63, 3.8) is 0 Å². The van der Waals surface area contributed by atoms with Crippen LogP contribution in [0.15, 0.2) is 16.7 Å². The van der Waals surface area contributed by atoms with Crippen molar-refractivity contribution in [1.82, 2.24) is 20.4 Å². The summed E-state index contributed by atoms with van der Waals surface area (Å²) in [5.74, 6) is -1.94. The monoisotopic (exact) mass is 322 g/mol. The Morgan fingerprint density at radius 2 is 1.91 bits per heavy atom. The minimum absolute atomic E-state index is 0.0956. The van der Waals surface area contributed by atoms with Crippen molar-refractivity contribution < 1.29 is 28.8 Å². The summed E-state index contributed by atoms with van der Waals surface area (Å²) in [5, 5.41) is 14.7. The molecule has 23 heavy (non-hydrogen) atoms. The number of aryl methyl sites for hydroxylation is 1. The fraction of sp³-hybridized carbons (Fsp3) is 0.385. The molecular weight excluding hydrogens is 308 g/mol. The number of carboxylic acid groups (broad SMARTS) is 1. The van der Waals surface area contributed by atoms with Gasteiger partial charge in [0.15, 0.2) is 5.82 Å². The van der Waals surface area contributed by atoms with Crippen molar-refractivity contribution >= 4 is 23.7 Å². The van der Waals surface area contributed by atoms with Crippen LogP contribution in [-0.4, -0.2) is 56.9 Å². The van der Waals surface area contributed by atoms with Crippen LogP contribution in [0.1, 0.15) is 18.1 Å². The number of rotatable bonds is 8. The third kappa shape index (κ3) is 4.73. The van der Waals surface area contributed by atoms with Crippen molar-refractivity contribution in [3.8, 4) is 0 Å². The minimum atomic E-state index is -0.955. The second-order valence-electron chi connectivity index (χ2n) is 4.69. The molecule has 1 aromatic heterocycles. The molecule has 0 aromatic carbocycles. The Labute approximate surface area is 130 Å². The van der Waals surface area contributed by atoms with Gasteiger partial charge in [0.25, 0.3) is 11.8 Å². The topological polar surface area (TPSA) is 143 Å². The van der Waals surface area contributed by atoms with Gasteiger partial charge in [-0.05, 0) is 0 Å². The summed E-state index contributed by atoms with van der Waals surface area (Å²) in [6, 6.07) is 0. The van der Waals surface area contributed by atoms with Crippen LogP contribution in [0.5, 0.6) is 0 Å². The maximum Gasteiger partial charge on any atom is 0.303 e. The number of hydrogen-bond donors (Lipinski definition) is 2. The highest BCUT2D eigenvalue weighted by Gasteiger charge is 2.25. The van der Waals surface area contributed by atoms with E-state index in [-0.39, 0.29) is 44.1 Å². The van der Waals surface area contributed by atoms with Crippen LogP contribution in [0.2, 0.25) is 0 Å². The van der Waals surface area contributed by atoms with Crippen molar-refractivity contribution in [2.75, 3.05) is 13.1 Å². The molecule has 2 rings (SSSR count). The number of carboxylic acids is 1. The second-order valence-corrected chi connectivity index (χ2v) is 4.69. The molecule has 1 aliphatic heterocycles. The second kappa shape index (κ2) is 7.29. The fourth-order valence-corrected chi connectivity index (χ4v) is 1.81. The maximum atomic E-state index is 11.6. The number of amides is 3. The van der Waals surface area contributed by atoms with Gasteiger partial charge >= 0.3 is 5.97 Å². The first kappa shape index (κ1) is 16.3. The summed E-state index contributed by atoms with van der Waals surface area (Å²) >= 11 is 0. The normalized spacial score (nSPS) is 13.7. The fourth-order valence-electron chi connectivity index (χ4n) is 1.81. The molecule has 1 aliphatic rings. The van der Waals surface area contributed by atoms with Crippen LogP contribution in [0.3, 0.4) is 0 Å². The van der Waals surface area contributed by atoms with Crippen LogP contribution in [0.25, 0.3) is 0 Å². The number of imide groups is 1. The molecule has 2 heterocycles. The lowest BCUT2D eigenvalue weighted by atomic mass is 10.3. The molecule has 0 unspecified atom stereocenters. The Bertz CT molecular complexity index is 647. The largest absolute Gasteiger partial charge is 0.481 e. The van der Waals surface area contributed by atoms with E-state index in [1.54, 1.807) is 0 Å². The van der Waals surface area contributed by atoms with E-state index in [0.29, 0.717) is 0 Å². The number of aromatic nitrogens is 2. The van der Waals surface area contributed by atoms with Gasteiger partial charge in [-0.1, -0.05) is 5.16 Å². The molecule has 0 atom stereocenters. The Morgan fingerprint density at radius 1 is 1.22 bits per heavy atom. The molecule has 2 N–H and O–H groups in total. The van der Waals surface area contributed by atoms with Gasteiger partial charge in [0, 0.05) is 31.5 Å². The van der Waals surface area contributed by atoms with Crippen LogP contribution in [-0.2, 0) is 32.0 Å². The third-order valence-corrected chi connectivity index (χ3v) is 2.94. The van der Waals surface area contributed by atoms with Crippen molar-refractivity contribution in [2.24, 2.45) is 0 Å². The lowest BCUT2D eigenvalue weighted by molar-refractivity contribution is -0.141. The minimum Gasteiger partial charge on any atom is -0.481 e. The average molecular weight is 322 g/mol. The Kier molecular flexibility index (Phi) is 5.18. The van der Waals surface area contributed by atoms with Crippen molar-refractivity contribution in [2.45, 2.75) is 19.3 Å². The number of aliphatic carboxylic acids is 1. The van der Waals surface area contributed by atoms with E-state index in [2.05, 4.69) is 15.5 Å². The van der Waals surface area contributed by atoms with E-state index < -0.39 is 23.7 Å². The lowest BCUT2D eigenvalue weighted by Crippen LogP contribution is -2.41. The molecule has 10 nitrogen and oxygen atoms in total. The van der Waals surface area contributed by atoms with Crippen molar-refractivity contribution in [3.05, 3.63) is 23.9 Å². The van der Waals surface area contributed by atoms with Gasteiger partial charge in [-0.15, -0.1) is 0 Å². The standard InChI is InChI=1S/C13H14N4O6/c18-9(7-17-11(19)2-3-12(17)20)14-6-5-10-15-8(16-23-10)1-4-13(21)22/h2-3H,1,4-7H2,(H,14,18)(H,21,22). The van der Waals surface area contributed by atoms with E-state index in [4.69, 9.17) is 9.63 Å². The molecule has 0 fully saturated rings. The highest BCUT2D eigenvalue weighted by atomic mass is 16.5. The maximum absolute atomic E-state index is 11.6. The Balaban J connectivity index is 1.70. The van der Waals surface area contributed by atoms with Crippen molar-refractivity contribution in [1.29, 1.82) is 0 Å². The molecule has 0 radical (unpaired) electrons. The molecular formula is C13H14N4O6. The van der Waals surface area contributed by atoms with Gasteiger partial charge in [0.1, 0.15) is 6.54 Å². The lowest BCUT2D eigenvalue weighted by Gasteiger charge is -2.12. The first-order valence-electron chi connectivity index (χ1n) is 6.79. The SMILES string of the molecule is O=C(O)CCc1noc(CCNC(=O)CN2C(=O)C=CC2=O)n1. The zero-order valence-corrected chi connectivity index (χ0v) is 12.0. The van der Waals surface area contributed by atoms with Crippen LogP contribution in [0.4, 0.5) is 0 Å². The molecule has 0 spiro atoms. The number of carbonyl (C=O) groups is 4. The predicted octanol–water partition coefficient (Wildman–Crippen LogP) is -1.33. The van der Waals surface area contributed by atoms with Crippen LogP contribution >= 0.6 is 0 Å². The molecule has 1 aromatic rings. The first-order chi connectivity index (χ1) is 11.0. The number of carbonyl (C=O) groups excluding carboxylic acids is 3. The molecule has 0 saturated carbocycles. The summed E-state index contributed by atoms with van der Waals surface area (Å²) in [5.41, 5.74) is 0. The zero-order valence-electron chi connectivity index (χ0n) is 12.0. The Hall–Kier alpha value is -3.04. The van der Waals surface area contributed by atoms with E-state index >= 15 is 0 Å². The Morgan fingerprint density at radius 3 is 2.57 bits per heavy atom. The highest BCUT2D eigenvalue weighted by molar-refractivity contribution is 6.14. The molecule has 0 saturated heterocycles. The van der Waals surface area contributed by atoms with E-state index in [9.17, 15) is 19.2 Å². The summed E-state index contributed by atoms with van der Waals surface area (Å²) < 4.78 is 4.91. The zero-order chi connectivity index (χ0) is 16.8. The average Bonchev–Trinajstić information content (AvgIpc) is 3.07. The first-order valence-corrected chi connectivity index (χ1v) is 6.79. The van der Waals surface area contributed by atoms with Crippen LogP contribution in [0, 0.1) is 0 Å². The third-order valence-electron chi connectivity index (χ3n) is 2.94. The van der Waals surface area contributed by atoms with Gasteiger partial charge in [-0.25, -0.2) is 0 Å². The number of nitrogens with one attached hydrogen (secondary N) is 1. The van der Waals surface area contributed by atoms with E-state index in [1.807, 2.05) is 0 Å². The predicted molar refractivity (Wildman–Crippen MR) is 72.8 cm³/mol. The van der Waals surface area contributed by atoms with Crippen LogP contribution < -0.4 is 5.32 Å². The summed E-state index contributed by atoms with van der Waals surface area (Å²) in [6.07, 6.45) is 2.53. The van der Waals surface area contributed by atoms with Gasteiger partial charge in [-0.3, -0.25) is 24.1 Å². The number of hydrogen-bond acceptors (Lipinski definition) is 7. The summed E-state index contributed by atoms with van der Waals surface area (Å²) in [6.45, 7) is -0.165. The quantitative estimate of drug-likeness (QED) is 0.560. The molecule has 0 bridgehead atoms. The smallest absolute Gasteiger partial charge is 0.303 e. The number of nitrogens with zero attached hydrogens (tertiary/aromatic N) is 3. The van der Waals surface area contributed by atoms with Gasteiger partial charge in [0.05, 0.1) is 6.42 Å². The summed E-state index contributed by atoms with van der Waals surface area (Å²) in [4.78, 5) is 49.5. The molecule has 10 heteroatoms. The van der Waals surface area contributed by atoms with Gasteiger partial charge in [0.2, 0.25) is 11.8 Å². The van der Waals surface area contributed by atoms with Gasteiger partial charge in [-0.2, -0.15) is 4.98 Å². The molecule has 3 amide bonds. The highest BCUT2D eigenvalue weighted by Crippen LogP contribution is 2.03. The van der Waals surface area contributed by atoms with E-state index in [0.717, 1.165) is 17.1 Å². The van der Waals surface area contributed by atoms with Gasteiger partial charge < -0.3 is 14.9 Å².